The lowest BCUT2D eigenvalue weighted by Gasteiger charge is -2.15. The number of aliphatic hydroxyl groups excluding tert-OH is 1. The van der Waals surface area contributed by atoms with Gasteiger partial charge in [0.25, 0.3) is 0 Å². The van der Waals surface area contributed by atoms with Gasteiger partial charge in [-0.25, -0.2) is 4.57 Å². The Bertz CT molecular complexity index is 545. The van der Waals surface area contributed by atoms with E-state index in [1.807, 2.05) is 0 Å². The van der Waals surface area contributed by atoms with Crippen molar-refractivity contribution < 1.29 is 33.1 Å². The predicted molar refractivity (Wildman–Crippen MR) is 136 cm³/mol. The normalized spacial score (nSPS) is 14.4. The summed E-state index contributed by atoms with van der Waals surface area (Å²) in [5.74, 6) is -0.390. The number of nitrogens with two attached hydrogens (primary N) is 1. The first-order valence-corrected chi connectivity index (χ1v) is 14.7. The zero-order chi connectivity index (χ0) is 25.3. The largest absolute Gasteiger partial charge is 0.472 e. The summed E-state index contributed by atoms with van der Waals surface area (Å²) < 4.78 is 25.6. The van der Waals surface area contributed by atoms with E-state index in [2.05, 4.69) is 28.1 Å². The minimum Gasteiger partial charge on any atom is -0.463 e. The van der Waals surface area contributed by atoms with Crippen LogP contribution < -0.4 is 5.73 Å². The van der Waals surface area contributed by atoms with Crippen molar-refractivity contribution >= 4 is 13.8 Å². The number of ether oxygens (including phenoxy) is 1. The molecule has 202 valence electrons. The van der Waals surface area contributed by atoms with Crippen molar-refractivity contribution in [1.29, 1.82) is 0 Å². The molecule has 0 aliphatic rings. The highest BCUT2D eigenvalue weighted by Crippen LogP contribution is 2.42. The second-order valence-corrected chi connectivity index (χ2v) is 10.2. The molecule has 0 aromatic heterocycles. The van der Waals surface area contributed by atoms with E-state index in [-0.39, 0.29) is 19.8 Å². The fourth-order valence-electron chi connectivity index (χ4n) is 3.39. The fourth-order valence-corrected chi connectivity index (χ4v) is 4.16. The van der Waals surface area contributed by atoms with Crippen LogP contribution in [0.25, 0.3) is 0 Å². The van der Waals surface area contributed by atoms with Crippen molar-refractivity contribution in [2.75, 3.05) is 26.4 Å². The molecule has 0 saturated carbocycles. The summed E-state index contributed by atoms with van der Waals surface area (Å²) in [6.45, 7) is 1.44. The van der Waals surface area contributed by atoms with Crippen LogP contribution in [-0.2, 0) is 23.1 Å². The lowest BCUT2D eigenvalue weighted by Crippen LogP contribution is -2.23. The van der Waals surface area contributed by atoms with Gasteiger partial charge >= 0.3 is 13.8 Å². The predicted octanol–water partition coefficient (Wildman–Crippen LogP) is 5.80. The van der Waals surface area contributed by atoms with Crippen molar-refractivity contribution in [3.8, 4) is 0 Å². The van der Waals surface area contributed by atoms with Gasteiger partial charge in [-0.3, -0.25) is 13.8 Å². The van der Waals surface area contributed by atoms with E-state index in [0.29, 0.717) is 6.42 Å². The van der Waals surface area contributed by atoms with Crippen LogP contribution in [0.1, 0.15) is 110 Å². The Labute approximate surface area is 207 Å². The van der Waals surface area contributed by atoms with Gasteiger partial charge in [0.15, 0.2) is 0 Å². The average Bonchev–Trinajstić information content (AvgIpc) is 2.82. The third-order valence-electron chi connectivity index (χ3n) is 5.38. The number of carbonyl (C=O) groups is 1. The molecule has 1 unspecified atom stereocenters. The number of hydrogen-bond donors (Lipinski definition) is 3. The third-order valence-corrected chi connectivity index (χ3v) is 6.37. The molecule has 0 fully saturated rings. The number of unbranched alkanes of at least 4 members (excludes halogenated alkanes) is 13. The van der Waals surface area contributed by atoms with Gasteiger partial charge < -0.3 is 20.5 Å². The second-order valence-electron chi connectivity index (χ2n) is 8.76. The summed E-state index contributed by atoms with van der Waals surface area (Å²) >= 11 is 0. The van der Waals surface area contributed by atoms with Crippen molar-refractivity contribution in [3.05, 3.63) is 12.2 Å². The van der Waals surface area contributed by atoms with Crippen LogP contribution >= 0.6 is 7.82 Å². The topological polar surface area (TPSA) is 128 Å². The molecule has 0 amide bonds. The Kier molecular flexibility index (Phi) is 23.4. The number of phosphoric ester groups is 1. The quantitative estimate of drug-likeness (QED) is 0.0612. The minimum atomic E-state index is -4.24. The molecule has 0 aromatic rings. The van der Waals surface area contributed by atoms with Crippen molar-refractivity contribution in [2.45, 2.75) is 116 Å². The van der Waals surface area contributed by atoms with Gasteiger partial charge in [0.2, 0.25) is 0 Å². The second kappa shape index (κ2) is 24.0. The van der Waals surface area contributed by atoms with Gasteiger partial charge in [0.1, 0.15) is 12.7 Å². The van der Waals surface area contributed by atoms with E-state index in [4.69, 9.17) is 10.5 Å². The number of allylic oxidation sites excluding steroid dienone is 2. The van der Waals surface area contributed by atoms with Gasteiger partial charge in [-0.2, -0.15) is 0 Å². The zero-order valence-electron chi connectivity index (χ0n) is 21.3. The van der Waals surface area contributed by atoms with Crippen LogP contribution in [0.5, 0.6) is 0 Å². The Morgan fingerprint density at radius 3 is 1.94 bits per heavy atom. The maximum absolute atomic E-state index is 11.7. The smallest absolute Gasteiger partial charge is 0.463 e. The molecule has 0 spiro atoms. The summed E-state index contributed by atoms with van der Waals surface area (Å²) in [4.78, 5) is 21.0. The van der Waals surface area contributed by atoms with Gasteiger partial charge in [0, 0.05) is 13.0 Å². The summed E-state index contributed by atoms with van der Waals surface area (Å²) in [6, 6.07) is 0. The molecule has 0 bridgehead atoms. The highest BCUT2D eigenvalue weighted by molar-refractivity contribution is 7.47. The lowest BCUT2D eigenvalue weighted by atomic mass is 10.1. The van der Waals surface area contributed by atoms with Crippen LogP contribution in [0.2, 0.25) is 0 Å². The molecule has 9 heteroatoms. The molecule has 0 aromatic carbocycles. The molecule has 8 nitrogen and oxygen atoms in total. The molecule has 0 aliphatic heterocycles. The first kappa shape index (κ1) is 33.2. The summed E-state index contributed by atoms with van der Waals surface area (Å²) in [6.07, 6.45) is 22.0. The maximum Gasteiger partial charge on any atom is 0.472 e. The van der Waals surface area contributed by atoms with E-state index in [0.717, 1.165) is 19.3 Å². The van der Waals surface area contributed by atoms with Gasteiger partial charge in [-0.15, -0.1) is 0 Å². The van der Waals surface area contributed by atoms with Crippen LogP contribution in [0.3, 0.4) is 0 Å². The van der Waals surface area contributed by atoms with E-state index < -0.39 is 26.5 Å². The summed E-state index contributed by atoms with van der Waals surface area (Å²) in [5, 5.41) is 9.69. The minimum absolute atomic E-state index is 0.0745. The zero-order valence-corrected chi connectivity index (χ0v) is 22.2. The number of rotatable bonds is 25. The monoisotopic (exact) mass is 507 g/mol. The van der Waals surface area contributed by atoms with E-state index in [9.17, 15) is 19.4 Å². The van der Waals surface area contributed by atoms with Crippen molar-refractivity contribution in [2.24, 2.45) is 5.73 Å². The van der Waals surface area contributed by atoms with E-state index in [1.54, 1.807) is 0 Å². The van der Waals surface area contributed by atoms with Crippen LogP contribution in [-0.4, -0.2) is 48.4 Å². The summed E-state index contributed by atoms with van der Waals surface area (Å²) in [7, 11) is -4.24. The third kappa shape index (κ3) is 24.4. The van der Waals surface area contributed by atoms with E-state index >= 15 is 0 Å². The molecule has 0 aliphatic carbocycles. The highest BCUT2D eigenvalue weighted by atomic mass is 31.2. The Balaban J connectivity index is 3.44. The molecule has 2 atom stereocenters. The number of esters is 1. The standard InChI is InChI=1S/C25H50NO7P/c1-2-3-4-5-6-7-8-9-10-11-12-13-14-15-16-17-18-19-25(28)31-22-24(27)23-33-34(29,30)32-21-20-26/h9-10,24,27H,2-8,11-23,26H2,1H3,(H,29,30)/t24-/m1/s1. The lowest BCUT2D eigenvalue weighted by molar-refractivity contribution is -0.147. The van der Waals surface area contributed by atoms with Gasteiger partial charge in [0.05, 0.1) is 13.2 Å². The molecule has 0 radical (unpaired) electrons. The molecule has 0 heterocycles. The van der Waals surface area contributed by atoms with Crippen LogP contribution in [0.15, 0.2) is 12.2 Å². The molecule has 34 heavy (non-hydrogen) atoms. The van der Waals surface area contributed by atoms with Crippen molar-refractivity contribution in [3.63, 3.8) is 0 Å². The van der Waals surface area contributed by atoms with E-state index in [1.165, 1.54) is 77.0 Å². The first-order valence-electron chi connectivity index (χ1n) is 13.2. The number of carbonyl (C=O) groups excluding carboxylic acids is 1. The van der Waals surface area contributed by atoms with Crippen LogP contribution in [0.4, 0.5) is 0 Å². The average molecular weight is 508 g/mol. The molecule has 0 saturated heterocycles. The van der Waals surface area contributed by atoms with Crippen LogP contribution in [0, 0.1) is 0 Å². The molecular formula is C25H50NO7P. The Morgan fingerprint density at radius 2 is 1.38 bits per heavy atom. The SMILES string of the molecule is CCCCCCCCC=CCCCCCCCCCC(=O)OC[C@@H](O)COP(=O)(O)OCCN. The maximum atomic E-state index is 11.7. The number of hydrogen-bond acceptors (Lipinski definition) is 7. The fraction of sp³-hybridized carbons (Fsp3) is 0.880. The molecular weight excluding hydrogens is 457 g/mol. The highest BCUT2D eigenvalue weighted by Gasteiger charge is 2.22. The first-order chi connectivity index (χ1) is 16.4. The number of phosphoric acid groups is 1. The van der Waals surface area contributed by atoms with Gasteiger partial charge in [-0.1, -0.05) is 83.3 Å². The molecule has 0 rings (SSSR count). The van der Waals surface area contributed by atoms with Crippen molar-refractivity contribution in [1.82, 2.24) is 0 Å². The Hall–Kier alpha value is -0.760. The Morgan fingerprint density at radius 1 is 0.853 bits per heavy atom. The number of aliphatic hydroxyl groups is 1. The molecule has 4 N–H and O–H groups in total. The summed E-state index contributed by atoms with van der Waals surface area (Å²) in [5.41, 5.74) is 5.17. The van der Waals surface area contributed by atoms with Gasteiger partial charge in [-0.05, 0) is 32.1 Å².